The predicted molar refractivity (Wildman–Crippen MR) is 108 cm³/mol. The van der Waals surface area contributed by atoms with E-state index in [9.17, 15) is 9.59 Å². The minimum atomic E-state index is -0.0847. The molecule has 6 heteroatoms. The Morgan fingerprint density at radius 3 is 2.68 bits per heavy atom. The first-order valence-corrected chi connectivity index (χ1v) is 9.97. The minimum Gasteiger partial charge on any atom is -0.331 e. The van der Waals surface area contributed by atoms with Crippen LogP contribution in [0, 0.1) is 12.8 Å². The molecule has 1 atom stereocenters. The highest BCUT2D eigenvalue weighted by Crippen LogP contribution is 2.31. The van der Waals surface area contributed by atoms with Crippen molar-refractivity contribution < 1.29 is 9.59 Å². The second-order valence-electron chi connectivity index (χ2n) is 7.71. The van der Waals surface area contributed by atoms with Gasteiger partial charge in [-0.25, -0.2) is 9.78 Å². The summed E-state index contributed by atoms with van der Waals surface area (Å²) in [7, 11) is 0. The van der Waals surface area contributed by atoms with E-state index in [1.807, 2.05) is 36.1 Å². The largest absolute Gasteiger partial charge is 0.331 e. The van der Waals surface area contributed by atoms with Crippen molar-refractivity contribution in [3.05, 3.63) is 59.3 Å². The zero-order valence-corrected chi connectivity index (χ0v) is 16.1. The van der Waals surface area contributed by atoms with E-state index in [1.54, 1.807) is 6.20 Å². The Morgan fingerprint density at radius 1 is 1.11 bits per heavy atom. The van der Waals surface area contributed by atoms with Crippen molar-refractivity contribution in [2.45, 2.75) is 38.6 Å². The van der Waals surface area contributed by atoms with Crippen LogP contribution in [0.25, 0.3) is 0 Å². The van der Waals surface area contributed by atoms with Crippen molar-refractivity contribution in [2.24, 2.45) is 5.92 Å². The Bertz CT molecular complexity index is 874. The van der Waals surface area contributed by atoms with Gasteiger partial charge in [0.2, 0.25) is 5.91 Å². The van der Waals surface area contributed by atoms with Gasteiger partial charge in [-0.2, -0.15) is 0 Å². The first-order valence-electron chi connectivity index (χ1n) is 9.97. The maximum atomic E-state index is 12.7. The van der Waals surface area contributed by atoms with E-state index < -0.39 is 0 Å². The van der Waals surface area contributed by atoms with Gasteiger partial charge in [-0.1, -0.05) is 24.3 Å². The quantitative estimate of drug-likeness (QED) is 0.859. The molecule has 0 radical (unpaired) electrons. The number of amides is 3. The van der Waals surface area contributed by atoms with Crippen molar-refractivity contribution in [2.75, 3.05) is 18.4 Å². The van der Waals surface area contributed by atoms with Crippen molar-refractivity contribution in [1.82, 2.24) is 15.2 Å². The lowest BCUT2D eigenvalue weighted by Gasteiger charge is -2.32. The molecule has 28 heavy (non-hydrogen) atoms. The number of carbonyl (C=O) groups excluding carboxylic acids is 2. The standard InChI is InChI=1S/C22H26N4O2/c1-15-8-11-23-20(14-15)25-21(27)17-9-12-26(13-10-17)22(28)24-19-7-6-16-4-2-3-5-18(16)19/h2-5,8,11,14,17,19H,6-7,9-10,12-13H2,1H3,(H,24,28)(H,23,25,27). The molecule has 4 rings (SSSR count). The van der Waals surface area contributed by atoms with Crippen molar-refractivity contribution >= 4 is 17.8 Å². The maximum Gasteiger partial charge on any atom is 0.317 e. The monoisotopic (exact) mass is 378 g/mol. The summed E-state index contributed by atoms with van der Waals surface area (Å²) in [6, 6.07) is 12.1. The van der Waals surface area contributed by atoms with Crippen LogP contribution in [0.3, 0.4) is 0 Å². The molecule has 0 spiro atoms. The van der Waals surface area contributed by atoms with Gasteiger partial charge in [0, 0.05) is 25.2 Å². The summed E-state index contributed by atoms with van der Waals surface area (Å²) in [4.78, 5) is 31.2. The third kappa shape index (κ3) is 4.01. The molecule has 1 fully saturated rings. The summed E-state index contributed by atoms with van der Waals surface area (Å²) < 4.78 is 0. The number of fused-ring (bicyclic) bond motifs is 1. The number of hydrogen-bond acceptors (Lipinski definition) is 3. The van der Waals surface area contributed by atoms with E-state index in [2.05, 4.69) is 27.8 Å². The third-order valence-electron chi connectivity index (χ3n) is 5.75. The molecule has 1 aromatic carbocycles. The number of rotatable bonds is 3. The molecule has 0 saturated carbocycles. The van der Waals surface area contributed by atoms with E-state index in [0.29, 0.717) is 31.7 Å². The number of anilines is 1. The summed E-state index contributed by atoms with van der Waals surface area (Å²) >= 11 is 0. The van der Waals surface area contributed by atoms with Crippen LogP contribution >= 0.6 is 0 Å². The Kier molecular flexibility index (Phi) is 5.28. The predicted octanol–water partition coefficient (Wildman–Crippen LogP) is 3.44. The zero-order chi connectivity index (χ0) is 19.5. The molecule has 6 nitrogen and oxygen atoms in total. The van der Waals surface area contributed by atoms with Gasteiger partial charge in [0.15, 0.2) is 0 Å². The second-order valence-corrected chi connectivity index (χ2v) is 7.71. The number of aromatic nitrogens is 1. The fourth-order valence-electron chi connectivity index (χ4n) is 4.12. The van der Waals surface area contributed by atoms with Crippen molar-refractivity contribution in [3.63, 3.8) is 0 Å². The molecule has 2 N–H and O–H groups in total. The van der Waals surface area contributed by atoms with Crippen LogP contribution in [0.2, 0.25) is 0 Å². The SMILES string of the molecule is Cc1ccnc(NC(=O)C2CCN(C(=O)NC3CCc4ccccc43)CC2)c1. The second kappa shape index (κ2) is 8.00. The molecule has 1 aliphatic carbocycles. The van der Waals surface area contributed by atoms with E-state index in [4.69, 9.17) is 0 Å². The summed E-state index contributed by atoms with van der Waals surface area (Å²) in [6.07, 6.45) is 5.00. The lowest BCUT2D eigenvalue weighted by atomic mass is 9.96. The average Bonchev–Trinajstić information content (AvgIpc) is 3.11. The highest BCUT2D eigenvalue weighted by Gasteiger charge is 2.30. The molecular formula is C22H26N4O2. The van der Waals surface area contributed by atoms with Crippen LogP contribution in [0.4, 0.5) is 10.6 Å². The number of pyridine rings is 1. The molecular weight excluding hydrogens is 352 g/mol. The number of hydrogen-bond donors (Lipinski definition) is 2. The summed E-state index contributed by atoms with van der Waals surface area (Å²) in [6.45, 7) is 3.16. The topological polar surface area (TPSA) is 74.3 Å². The van der Waals surface area contributed by atoms with E-state index in [1.165, 1.54) is 11.1 Å². The van der Waals surface area contributed by atoms with Crippen LogP contribution < -0.4 is 10.6 Å². The molecule has 2 aromatic rings. The molecule has 0 bridgehead atoms. The normalized spacial score (nSPS) is 19.2. The van der Waals surface area contributed by atoms with Gasteiger partial charge in [-0.15, -0.1) is 0 Å². The van der Waals surface area contributed by atoms with Gasteiger partial charge in [0.05, 0.1) is 6.04 Å². The Labute approximate surface area is 165 Å². The average molecular weight is 378 g/mol. The molecule has 2 heterocycles. The van der Waals surface area contributed by atoms with E-state index in [-0.39, 0.29) is 23.9 Å². The van der Waals surface area contributed by atoms with Crippen LogP contribution in [-0.2, 0) is 11.2 Å². The summed E-state index contributed by atoms with van der Waals surface area (Å²) in [5.74, 6) is 0.492. The fourth-order valence-corrected chi connectivity index (χ4v) is 4.12. The van der Waals surface area contributed by atoms with Crippen LogP contribution in [0.1, 0.15) is 42.0 Å². The lowest BCUT2D eigenvalue weighted by molar-refractivity contribution is -0.121. The zero-order valence-electron chi connectivity index (χ0n) is 16.1. The molecule has 1 saturated heterocycles. The Balaban J connectivity index is 1.28. The van der Waals surface area contributed by atoms with Crippen molar-refractivity contribution in [3.8, 4) is 0 Å². The maximum absolute atomic E-state index is 12.7. The number of urea groups is 1. The van der Waals surface area contributed by atoms with Gasteiger partial charge in [-0.3, -0.25) is 4.79 Å². The van der Waals surface area contributed by atoms with Gasteiger partial charge in [0.25, 0.3) is 0 Å². The van der Waals surface area contributed by atoms with E-state index >= 15 is 0 Å². The van der Waals surface area contributed by atoms with Crippen LogP contribution in [-0.4, -0.2) is 34.9 Å². The number of benzene rings is 1. The smallest absolute Gasteiger partial charge is 0.317 e. The molecule has 2 aliphatic rings. The number of nitrogens with one attached hydrogen (secondary N) is 2. The number of aryl methyl sites for hydroxylation is 2. The number of nitrogens with zero attached hydrogens (tertiary/aromatic N) is 2. The fraction of sp³-hybridized carbons (Fsp3) is 0.409. The Morgan fingerprint density at radius 2 is 1.89 bits per heavy atom. The van der Waals surface area contributed by atoms with Crippen molar-refractivity contribution in [1.29, 1.82) is 0 Å². The molecule has 1 unspecified atom stereocenters. The molecule has 1 aliphatic heterocycles. The van der Waals surface area contributed by atoms with Gasteiger partial charge in [0.1, 0.15) is 5.82 Å². The first kappa shape index (κ1) is 18.5. The van der Waals surface area contributed by atoms with Crippen LogP contribution in [0.15, 0.2) is 42.6 Å². The highest BCUT2D eigenvalue weighted by molar-refractivity contribution is 5.92. The number of likely N-dealkylation sites (tertiary alicyclic amines) is 1. The van der Waals surface area contributed by atoms with Gasteiger partial charge in [-0.05, 0) is 61.4 Å². The van der Waals surface area contributed by atoms with Gasteiger partial charge >= 0.3 is 6.03 Å². The molecule has 146 valence electrons. The number of carbonyl (C=O) groups is 2. The van der Waals surface area contributed by atoms with Gasteiger partial charge < -0.3 is 15.5 Å². The lowest BCUT2D eigenvalue weighted by Crippen LogP contribution is -2.46. The third-order valence-corrected chi connectivity index (χ3v) is 5.75. The first-order chi connectivity index (χ1) is 13.6. The molecule has 1 aromatic heterocycles. The molecule has 3 amide bonds. The minimum absolute atomic E-state index is 0.0112. The van der Waals surface area contributed by atoms with Crippen LogP contribution in [0.5, 0.6) is 0 Å². The number of piperidine rings is 1. The summed E-state index contributed by atoms with van der Waals surface area (Å²) in [5.41, 5.74) is 3.62. The highest BCUT2D eigenvalue weighted by atomic mass is 16.2. The summed E-state index contributed by atoms with van der Waals surface area (Å²) in [5, 5.41) is 6.07. The van der Waals surface area contributed by atoms with E-state index in [0.717, 1.165) is 18.4 Å². The Hall–Kier alpha value is -2.89.